The lowest BCUT2D eigenvalue weighted by atomic mass is 10.2. The van der Waals surface area contributed by atoms with Gasteiger partial charge in [0.15, 0.2) is 0 Å². The molecule has 0 amide bonds. The Labute approximate surface area is 50.2 Å². The van der Waals surface area contributed by atoms with Crippen molar-refractivity contribution in [3.8, 4) is 0 Å². The van der Waals surface area contributed by atoms with Crippen LogP contribution in [0.25, 0.3) is 0 Å². The predicted molar refractivity (Wildman–Crippen MR) is 32.6 cm³/mol. The molecule has 2 N–H and O–H groups in total. The van der Waals surface area contributed by atoms with Gasteiger partial charge < -0.3 is 10.2 Å². The molecule has 0 fully saturated rings. The molecule has 0 aromatic rings. The summed E-state index contributed by atoms with van der Waals surface area (Å²) in [7, 11) is 0. The number of aliphatic hydroxyl groups excluding tert-OH is 2. The molecule has 0 aliphatic rings. The van der Waals surface area contributed by atoms with Crippen LogP contribution in [0.5, 0.6) is 0 Å². The Balaban J connectivity index is 2.86. The molecule has 0 aromatic carbocycles. The van der Waals surface area contributed by atoms with E-state index in [2.05, 4.69) is 6.92 Å². The minimum atomic E-state index is -0.491. The summed E-state index contributed by atoms with van der Waals surface area (Å²) >= 11 is 0. The Morgan fingerprint density at radius 3 is 2.50 bits per heavy atom. The first-order valence-corrected chi connectivity index (χ1v) is 3.10. The molecule has 0 saturated carbocycles. The van der Waals surface area contributed by atoms with Gasteiger partial charge in [-0.15, -0.1) is 0 Å². The van der Waals surface area contributed by atoms with Crippen LogP contribution < -0.4 is 0 Å². The number of rotatable bonds is 4. The lowest BCUT2D eigenvalue weighted by Gasteiger charge is -2.02. The van der Waals surface area contributed by atoms with Crippen molar-refractivity contribution in [2.75, 3.05) is 6.61 Å². The van der Waals surface area contributed by atoms with E-state index in [-0.39, 0.29) is 6.61 Å². The van der Waals surface area contributed by atoms with E-state index in [1.54, 1.807) is 0 Å². The van der Waals surface area contributed by atoms with Gasteiger partial charge in [0.2, 0.25) is 0 Å². The number of unbranched alkanes of at least 4 members (excludes halogenated alkanes) is 1. The predicted octanol–water partition coefficient (Wildman–Crippen LogP) is 0.530. The molecular weight excluding hydrogens is 104 g/mol. The zero-order valence-electron chi connectivity index (χ0n) is 5.30. The molecule has 8 heavy (non-hydrogen) atoms. The minimum absolute atomic E-state index is 0.0972. The smallest absolute Gasteiger partial charge is 0.0770 e. The molecule has 2 nitrogen and oxygen atoms in total. The second-order valence-corrected chi connectivity index (χ2v) is 1.98. The summed E-state index contributed by atoms with van der Waals surface area (Å²) in [5.74, 6) is 0. The molecule has 0 aliphatic heterocycles. The average Bonchev–Trinajstić information content (AvgIpc) is 1.83. The van der Waals surface area contributed by atoms with Crippen LogP contribution in [0, 0.1) is 0 Å². The molecule has 0 radical (unpaired) electrons. The zero-order chi connectivity index (χ0) is 6.41. The summed E-state index contributed by atoms with van der Waals surface area (Å²) in [5, 5.41) is 17.1. The molecule has 0 saturated heterocycles. The van der Waals surface area contributed by atoms with E-state index in [9.17, 15) is 0 Å². The van der Waals surface area contributed by atoms with Crippen molar-refractivity contribution < 1.29 is 10.2 Å². The van der Waals surface area contributed by atoms with Gasteiger partial charge in [0.25, 0.3) is 0 Å². The fraction of sp³-hybridized carbons (Fsp3) is 1.00. The molecule has 1 atom stereocenters. The highest BCUT2D eigenvalue weighted by Crippen LogP contribution is 1.97. The first kappa shape index (κ1) is 7.92. The van der Waals surface area contributed by atoms with Gasteiger partial charge in [-0.05, 0) is 6.42 Å². The largest absolute Gasteiger partial charge is 0.394 e. The van der Waals surface area contributed by atoms with Gasteiger partial charge in [-0.25, -0.2) is 0 Å². The summed E-state index contributed by atoms with van der Waals surface area (Å²) in [4.78, 5) is 0. The van der Waals surface area contributed by atoms with E-state index in [0.29, 0.717) is 0 Å². The minimum Gasteiger partial charge on any atom is -0.394 e. The number of aliphatic hydroxyl groups is 2. The van der Waals surface area contributed by atoms with E-state index in [0.717, 1.165) is 19.3 Å². The van der Waals surface area contributed by atoms with Crippen LogP contribution in [-0.4, -0.2) is 22.9 Å². The maximum Gasteiger partial charge on any atom is 0.0770 e. The van der Waals surface area contributed by atoms with Crippen LogP contribution in [0.4, 0.5) is 0 Å². The Kier molecular flexibility index (Phi) is 5.01. The van der Waals surface area contributed by atoms with Crippen molar-refractivity contribution >= 4 is 0 Å². The Hall–Kier alpha value is -0.0800. The van der Waals surface area contributed by atoms with Crippen molar-refractivity contribution in [3.63, 3.8) is 0 Å². The fourth-order valence-electron chi connectivity index (χ4n) is 0.531. The highest BCUT2D eigenvalue weighted by atomic mass is 16.3. The van der Waals surface area contributed by atoms with Crippen molar-refractivity contribution in [2.24, 2.45) is 0 Å². The van der Waals surface area contributed by atoms with Crippen LogP contribution >= 0.6 is 0 Å². The molecule has 2 heteroatoms. The van der Waals surface area contributed by atoms with Gasteiger partial charge in [0.05, 0.1) is 12.7 Å². The summed E-state index contributed by atoms with van der Waals surface area (Å²) in [6, 6.07) is 0. The fourth-order valence-corrected chi connectivity index (χ4v) is 0.531. The van der Waals surface area contributed by atoms with E-state index >= 15 is 0 Å². The van der Waals surface area contributed by atoms with E-state index in [1.165, 1.54) is 0 Å². The topological polar surface area (TPSA) is 40.5 Å². The highest BCUT2D eigenvalue weighted by molar-refractivity contribution is 4.50. The molecule has 0 aliphatic carbocycles. The third-order valence-electron chi connectivity index (χ3n) is 1.10. The standard InChI is InChI=1S/C6H14O2/c1-2-3-4-6(8)5-7/h6-8H,2-5H2,1H3. The van der Waals surface area contributed by atoms with Gasteiger partial charge in [0.1, 0.15) is 0 Å². The maximum atomic E-state index is 8.74. The molecule has 0 bridgehead atoms. The maximum absolute atomic E-state index is 8.74. The monoisotopic (exact) mass is 118 g/mol. The average molecular weight is 118 g/mol. The van der Waals surface area contributed by atoms with Crippen molar-refractivity contribution in [1.29, 1.82) is 0 Å². The Morgan fingerprint density at radius 1 is 1.50 bits per heavy atom. The van der Waals surface area contributed by atoms with Crippen molar-refractivity contribution in [2.45, 2.75) is 32.3 Å². The second kappa shape index (κ2) is 5.06. The lowest BCUT2D eigenvalue weighted by molar-refractivity contribution is 0.0865. The third-order valence-corrected chi connectivity index (χ3v) is 1.10. The SMILES string of the molecule is CCCCC(O)CO. The number of hydrogen-bond acceptors (Lipinski definition) is 2. The Morgan fingerprint density at radius 2 is 2.12 bits per heavy atom. The summed E-state index contributed by atoms with van der Waals surface area (Å²) < 4.78 is 0. The van der Waals surface area contributed by atoms with Crippen LogP contribution in [0.3, 0.4) is 0 Å². The molecule has 1 unspecified atom stereocenters. The van der Waals surface area contributed by atoms with Crippen molar-refractivity contribution in [3.05, 3.63) is 0 Å². The Bertz CT molecular complexity index is 45.8. The van der Waals surface area contributed by atoms with Gasteiger partial charge in [-0.3, -0.25) is 0 Å². The molecular formula is C6H14O2. The second-order valence-electron chi connectivity index (χ2n) is 1.98. The molecule has 50 valence electrons. The van der Waals surface area contributed by atoms with E-state index in [1.807, 2.05) is 0 Å². The third kappa shape index (κ3) is 4.09. The molecule has 0 rings (SSSR count). The summed E-state index contributed by atoms with van der Waals surface area (Å²) in [6.07, 6.45) is 2.32. The summed E-state index contributed by atoms with van der Waals surface area (Å²) in [6.45, 7) is 1.96. The first-order chi connectivity index (χ1) is 3.81. The summed E-state index contributed by atoms with van der Waals surface area (Å²) in [5.41, 5.74) is 0. The van der Waals surface area contributed by atoms with E-state index in [4.69, 9.17) is 10.2 Å². The molecule has 0 spiro atoms. The quantitative estimate of drug-likeness (QED) is 0.565. The highest BCUT2D eigenvalue weighted by Gasteiger charge is 1.97. The van der Waals surface area contributed by atoms with Gasteiger partial charge in [-0.2, -0.15) is 0 Å². The first-order valence-electron chi connectivity index (χ1n) is 3.10. The van der Waals surface area contributed by atoms with Gasteiger partial charge >= 0.3 is 0 Å². The van der Waals surface area contributed by atoms with Gasteiger partial charge in [0, 0.05) is 0 Å². The van der Waals surface area contributed by atoms with Crippen LogP contribution in [0.2, 0.25) is 0 Å². The molecule has 0 aromatic heterocycles. The van der Waals surface area contributed by atoms with Crippen molar-refractivity contribution in [1.82, 2.24) is 0 Å². The van der Waals surface area contributed by atoms with Crippen LogP contribution in [0.15, 0.2) is 0 Å². The zero-order valence-corrected chi connectivity index (χ0v) is 5.30. The van der Waals surface area contributed by atoms with E-state index < -0.39 is 6.10 Å². The van der Waals surface area contributed by atoms with Gasteiger partial charge in [-0.1, -0.05) is 19.8 Å². The van der Waals surface area contributed by atoms with Crippen LogP contribution in [-0.2, 0) is 0 Å². The molecule has 0 heterocycles. The number of hydrogen-bond donors (Lipinski definition) is 2. The lowest BCUT2D eigenvalue weighted by Crippen LogP contribution is -2.10. The van der Waals surface area contributed by atoms with Crippen LogP contribution in [0.1, 0.15) is 26.2 Å². The normalized spacial score (nSPS) is 13.9.